The Bertz CT molecular complexity index is 687. The SMILES string of the molecule is CCCCC/C=C\C/C=C\CCCCCCCCCCCCN(CCCCCCCCCCC/C=C\CCCCCCCC)CC(O)CO. The van der Waals surface area contributed by atoms with E-state index in [4.69, 9.17) is 0 Å². The molecule has 0 bridgehead atoms. The van der Waals surface area contributed by atoms with Gasteiger partial charge in [-0.3, -0.25) is 0 Å². The van der Waals surface area contributed by atoms with Gasteiger partial charge in [0.2, 0.25) is 0 Å². The van der Waals surface area contributed by atoms with Gasteiger partial charge in [-0.25, -0.2) is 0 Å². The molecule has 0 radical (unpaired) electrons. The van der Waals surface area contributed by atoms with Gasteiger partial charge < -0.3 is 15.1 Å². The van der Waals surface area contributed by atoms with Crippen LogP contribution in [0.25, 0.3) is 0 Å². The predicted molar refractivity (Wildman–Crippen MR) is 221 cm³/mol. The molecule has 0 rings (SSSR count). The summed E-state index contributed by atoms with van der Waals surface area (Å²) >= 11 is 0. The Kier molecular flexibility index (Phi) is 42.5. The lowest BCUT2D eigenvalue weighted by Gasteiger charge is -2.24. The second-order valence-corrected chi connectivity index (χ2v) is 15.1. The van der Waals surface area contributed by atoms with Crippen molar-refractivity contribution in [3.63, 3.8) is 0 Å². The first-order valence-electron chi connectivity index (χ1n) is 22.2. The van der Waals surface area contributed by atoms with Crippen molar-refractivity contribution in [3.05, 3.63) is 36.5 Å². The van der Waals surface area contributed by atoms with Gasteiger partial charge in [0, 0.05) is 6.54 Å². The molecule has 3 heteroatoms. The zero-order valence-corrected chi connectivity index (χ0v) is 33.5. The van der Waals surface area contributed by atoms with E-state index in [1.165, 1.54) is 205 Å². The highest BCUT2D eigenvalue weighted by Gasteiger charge is 2.10. The normalized spacial score (nSPS) is 12.9. The van der Waals surface area contributed by atoms with Crippen molar-refractivity contribution in [2.75, 3.05) is 26.2 Å². The van der Waals surface area contributed by atoms with Gasteiger partial charge >= 0.3 is 0 Å². The van der Waals surface area contributed by atoms with Crippen molar-refractivity contribution in [1.82, 2.24) is 4.90 Å². The first-order valence-corrected chi connectivity index (χ1v) is 22.2. The molecule has 0 aliphatic carbocycles. The zero-order valence-electron chi connectivity index (χ0n) is 33.5. The molecule has 0 aliphatic rings. The van der Waals surface area contributed by atoms with E-state index in [1.54, 1.807) is 0 Å². The number of nitrogens with zero attached hydrogens (tertiary/aromatic N) is 1. The second kappa shape index (κ2) is 43.3. The highest BCUT2D eigenvalue weighted by atomic mass is 16.3. The molecule has 0 amide bonds. The molecule has 0 fully saturated rings. The molecule has 3 nitrogen and oxygen atoms in total. The van der Waals surface area contributed by atoms with E-state index in [-0.39, 0.29) is 6.61 Å². The number of hydrogen-bond donors (Lipinski definition) is 2. The van der Waals surface area contributed by atoms with E-state index in [1.807, 2.05) is 0 Å². The highest BCUT2D eigenvalue weighted by molar-refractivity contribution is 4.92. The molecule has 2 N–H and O–H groups in total. The van der Waals surface area contributed by atoms with Crippen molar-refractivity contribution >= 4 is 0 Å². The predicted octanol–water partition coefficient (Wildman–Crippen LogP) is 14.2. The first kappa shape index (κ1) is 48.1. The van der Waals surface area contributed by atoms with Crippen molar-refractivity contribution in [2.24, 2.45) is 0 Å². The molecule has 290 valence electrons. The number of unbranched alkanes of at least 4 members (excludes halogenated alkanes) is 28. The molecule has 0 aromatic carbocycles. The molecule has 0 aromatic heterocycles. The van der Waals surface area contributed by atoms with Crippen LogP contribution in [0.2, 0.25) is 0 Å². The molecule has 0 saturated carbocycles. The van der Waals surface area contributed by atoms with E-state index in [0.717, 1.165) is 19.5 Å². The maximum atomic E-state index is 10.1. The molecule has 0 saturated heterocycles. The Hall–Kier alpha value is -0.900. The fourth-order valence-electron chi connectivity index (χ4n) is 6.79. The van der Waals surface area contributed by atoms with E-state index in [2.05, 4.69) is 55.2 Å². The Morgan fingerprint density at radius 1 is 0.388 bits per heavy atom. The summed E-state index contributed by atoms with van der Waals surface area (Å²) in [5.74, 6) is 0. The summed E-state index contributed by atoms with van der Waals surface area (Å²) in [6.07, 6.45) is 57.8. The van der Waals surface area contributed by atoms with Crippen LogP contribution in [0.15, 0.2) is 36.5 Å². The van der Waals surface area contributed by atoms with Crippen molar-refractivity contribution in [2.45, 2.75) is 232 Å². The highest BCUT2D eigenvalue weighted by Crippen LogP contribution is 2.14. The summed E-state index contributed by atoms with van der Waals surface area (Å²) in [7, 11) is 0. The minimum atomic E-state index is -0.603. The summed E-state index contributed by atoms with van der Waals surface area (Å²) < 4.78 is 0. The molecule has 0 aliphatic heterocycles. The molecular formula is C46H89NO2. The van der Waals surface area contributed by atoms with Crippen LogP contribution in [-0.2, 0) is 0 Å². The van der Waals surface area contributed by atoms with Gasteiger partial charge in [0.05, 0.1) is 12.7 Å². The molecule has 0 spiro atoms. The third kappa shape index (κ3) is 41.4. The van der Waals surface area contributed by atoms with Gasteiger partial charge in [-0.2, -0.15) is 0 Å². The summed E-state index contributed by atoms with van der Waals surface area (Å²) in [5, 5.41) is 19.4. The zero-order chi connectivity index (χ0) is 35.6. The van der Waals surface area contributed by atoms with Crippen molar-refractivity contribution in [1.29, 1.82) is 0 Å². The Labute approximate surface area is 308 Å². The van der Waals surface area contributed by atoms with E-state index in [9.17, 15) is 10.2 Å². The smallest absolute Gasteiger partial charge is 0.0897 e. The standard InChI is InChI=1S/C46H89NO2/c1-3-5-7-9-11-13-15-17-19-21-23-25-27-29-31-33-35-37-39-41-43-47(44-46(49)45-48)42-40-38-36-34-32-30-28-26-24-22-20-18-16-14-12-10-8-6-4-2/h11,13,17-20,46,48-49H,3-10,12,14-16,21-45H2,1-2H3/b13-11-,19-17-,20-18-. The first-order chi connectivity index (χ1) is 24.2. The Morgan fingerprint density at radius 3 is 1.04 bits per heavy atom. The van der Waals surface area contributed by atoms with Gasteiger partial charge in [-0.1, -0.05) is 192 Å². The minimum absolute atomic E-state index is 0.125. The van der Waals surface area contributed by atoms with Gasteiger partial charge in [0.25, 0.3) is 0 Å². The molecule has 1 atom stereocenters. The topological polar surface area (TPSA) is 43.7 Å². The van der Waals surface area contributed by atoms with Crippen LogP contribution in [0.1, 0.15) is 226 Å². The summed E-state index contributed by atoms with van der Waals surface area (Å²) in [5.41, 5.74) is 0. The summed E-state index contributed by atoms with van der Waals surface area (Å²) in [6.45, 7) is 7.18. The molecule has 1 unspecified atom stereocenters. The average Bonchev–Trinajstić information content (AvgIpc) is 3.11. The van der Waals surface area contributed by atoms with E-state index >= 15 is 0 Å². The molecule has 49 heavy (non-hydrogen) atoms. The second-order valence-electron chi connectivity index (χ2n) is 15.1. The van der Waals surface area contributed by atoms with Crippen LogP contribution in [0.5, 0.6) is 0 Å². The van der Waals surface area contributed by atoms with Crippen LogP contribution in [0, 0.1) is 0 Å². The van der Waals surface area contributed by atoms with E-state index in [0.29, 0.717) is 6.54 Å². The third-order valence-corrected chi connectivity index (χ3v) is 10.1. The fourth-order valence-corrected chi connectivity index (χ4v) is 6.79. The average molecular weight is 688 g/mol. The maximum absolute atomic E-state index is 10.1. The van der Waals surface area contributed by atoms with Crippen molar-refractivity contribution in [3.8, 4) is 0 Å². The van der Waals surface area contributed by atoms with Gasteiger partial charge in [-0.15, -0.1) is 0 Å². The van der Waals surface area contributed by atoms with Crippen LogP contribution in [0.3, 0.4) is 0 Å². The monoisotopic (exact) mass is 688 g/mol. The third-order valence-electron chi connectivity index (χ3n) is 10.1. The van der Waals surface area contributed by atoms with Gasteiger partial charge in [-0.05, 0) is 83.7 Å². The number of hydrogen-bond acceptors (Lipinski definition) is 3. The molecular weight excluding hydrogens is 599 g/mol. The maximum Gasteiger partial charge on any atom is 0.0897 e. The van der Waals surface area contributed by atoms with Crippen LogP contribution >= 0.6 is 0 Å². The quantitative estimate of drug-likeness (QED) is 0.0497. The Morgan fingerprint density at radius 2 is 0.673 bits per heavy atom. The number of allylic oxidation sites excluding steroid dienone is 6. The number of aliphatic hydroxyl groups is 2. The van der Waals surface area contributed by atoms with Crippen LogP contribution in [-0.4, -0.2) is 47.5 Å². The fraction of sp³-hybridized carbons (Fsp3) is 0.870. The number of aliphatic hydroxyl groups excluding tert-OH is 2. The van der Waals surface area contributed by atoms with Gasteiger partial charge in [0.15, 0.2) is 0 Å². The minimum Gasteiger partial charge on any atom is -0.394 e. The number of rotatable bonds is 41. The Balaban J connectivity index is 3.60. The lowest BCUT2D eigenvalue weighted by molar-refractivity contribution is 0.0579. The van der Waals surface area contributed by atoms with Crippen molar-refractivity contribution < 1.29 is 10.2 Å². The largest absolute Gasteiger partial charge is 0.394 e. The lowest BCUT2D eigenvalue weighted by atomic mass is 10.0. The van der Waals surface area contributed by atoms with Gasteiger partial charge in [0.1, 0.15) is 0 Å². The van der Waals surface area contributed by atoms with E-state index < -0.39 is 6.10 Å². The van der Waals surface area contributed by atoms with Crippen LogP contribution in [0.4, 0.5) is 0 Å². The summed E-state index contributed by atoms with van der Waals surface area (Å²) in [4.78, 5) is 2.41. The molecule has 0 heterocycles. The molecule has 0 aromatic rings. The van der Waals surface area contributed by atoms with Crippen LogP contribution < -0.4 is 0 Å². The lowest BCUT2D eigenvalue weighted by Crippen LogP contribution is -2.35. The summed E-state index contributed by atoms with van der Waals surface area (Å²) in [6, 6.07) is 0.